The van der Waals surface area contributed by atoms with Gasteiger partial charge >= 0.3 is 12.4 Å². The number of nitriles is 1. The number of amides is 3. The second kappa shape index (κ2) is 23.4. The first-order valence-electron chi connectivity index (χ1n) is 24.4. The predicted molar refractivity (Wildman–Crippen MR) is 276 cm³/mol. The number of benzene rings is 3. The molecule has 4 atom stereocenters. The van der Waals surface area contributed by atoms with Crippen LogP contribution in [0.5, 0.6) is 5.75 Å². The molecule has 2 saturated heterocycles. The summed E-state index contributed by atoms with van der Waals surface area (Å²) < 4.78 is 143. The Bertz CT molecular complexity index is 3140. The number of aryl methyl sites for hydroxylation is 1. The number of aliphatic hydroxyl groups excluding tert-OH is 2. The van der Waals surface area contributed by atoms with Gasteiger partial charge in [0.25, 0.3) is 0 Å². The molecule has 2 aromatic heterocycles. The van der Waals surface area contributed by atoms with Crippen molar-refractivity contribution in [2.75, 3.05) is 36.2 Å². The highest BCUT2D eigenvalue weighted by atomic mass is 32.1. The zero-order valence-electron chi connectivity index (χ0n) is 43.2. The number of hydrogen-bond acceptors (Lipinski definition) is 12. The molecule has 1 unspecified atom stereocenters. The number of carbonyl (C=O) groups is 3. The number of hydrogen-bond donors (Lipinski definition) is 4. The fourth-order valence-corrected chi connectivity index (χ4v) is 10.5. The summed E-state index contributed by atoms with van der Waals surface area (Å²) in [4.78, 5) is 52.4. The van der Waals surface area contributed by atoms with Gasteiger partial charge in [-0.15, -0.1) is 11.3 Å². The number of anilines is 2. The van der Waals surface area contributed by atoms with Crippen LogP contribution < -0.4 is 25.2 Å². The fraction of sp³-hybridized carbons (Fsp3) is 0.415. The average Bonchev–Trinajstić information content (AvgIpc) is 4.27. The van der Waals surface area contributed by atoms with Crippen LogP contribution in [-0.4, -0.2) is 104 Å². The molecule has 422 valence electrons. The minimum Gasteiger partial charge on any atom is -0.488 e. The van der Waals surface area contributed by atoms with Crippen LogP contribution in [0, 0.1) is 41.1 Å². The number of carbonyl (C=O) groups excluding carboxylic acids is 3. The van der Waals surface area contributed by atoms with E-state index in [4.69, 9.17) is 21.7 Å². The maximum atomic E-state index is 15.5. The molecule has 0 bridgehead atoms. The predicted octanol–water partition coefficient (Wildman–Crippen LogP) is 9.20. The highest BCUT2D eigenvalue weighted by Crippen LogP contribution is 2.46. The highest BCUT2D eigenvalue weighted by Gasteiger charge is 2.53. The number of aromatic nitrogens is 2. The third-order valence-electron chi connectivity index (χ3n) is 13.2. The molecule has 2 aliphatic rings. The molecule has 3 aromatic carbocycles. The van der Waals surface area contributed by atoms with Gasteiger partial charge in [0.1, 0.15) is 24.3 Å². The number of thiazole rings is 1. The van der Waals surface area contributed by atoms with E-state index in [1.165, 1.54) is 36.2 Å². The van der Waals surface area contributed by atoms with E-state index in [9.17, 15) is 56.2 Å². The van der Waals surface area contributed by atoms with Crippen molar-refractivity contribution in [2.45, 2.75) is 110 Å². The summed E-state index contributed by atoms with van der Waals surface area (Å²) >= 11 is 6.90. The molecule has 0 spiro atoms. The number of alkyl halides is 6. The van der Waals surface area contributed by atoms with Crippen LogP contribution in [0.3, 0.4) is 0 Å². The van der Waals surface area contributed by atoms with Gasteiger partial charge in [0.05, 0.1) is 74.8 Å². The lowest BCUT2D eigenvalue weighted by atomic mass is 9.85. The Morgan fingerprint density at radius 1 is 0.937 bits per heavy atom. The van der Waals surface area contributed by atoms with E-state index in [0.29, 0.717) is 29.2 Å². The Kier molecular flexibility index (Phi) is 17.7. The van der Waals surface area contributed by atoms with Gasteiger partial charge in [-0.2, -0.15) is 31.6 Å². The number of halogens is 9. The number of nitrogens with one attached hydrogen (secondary N) is 2. The van der Waals surface area contributed by atoms with Gasteiger partial charge in [0.2, 0.25) is 17.7 Å². The molecule has 79 heavy (non-hydrogen) atoms. The summed E-state index contributed by atoms with van der Waals surface area (Å²) in [6.07, 6.45) is -12.5. The molecule has 4 heterocycles. The maximum Gasteiger partial charge on any atom is 0.420 e. The minimum absolute atomic E-state index is 0.0110. The van der Waals surface area contributed by atoms with Gasteiger partial charge in [-0.25, -0.2) is 18.2 Å². The monoisotopic (exact) mass is 1150 g/mol. The number of rotatable bonds is 17. The Hall–Kier alpha value is -6.92. The fourth-order valence-electron chi connectivity index (χ4n) is 9.17. The lowest BCUT2D eigenvalue weighted by Crippen LogP contribution is -2.58. The number of thiocarbonyl (C=S) groups is 1. The van der Waals surface area contributed by atoms with Crippen LogP contribution in [0.2, 0.25) is 0 Å². The van der Waals surface area contributed by atoms with Crippen molar-refractivity contribution in [1.82, 2.24) is 25.5 Å². The molecule has 7 rings (SSSR count). The van der Waals surface area contributed by atoms with E-state index in [1.54, 1.807) is 26.3 Å². The van der Waals surface area contributed by atoms with E-state index < -0.39 is 140 Å². The summed E-state index contributed by atoms with van der Waals surface area (Å²) in [7, 11) is 0. The molecular weight excluding hydrogens is 1100 g/mol. The summed E-state index contributed by atoms with van der Waals surface area (Å²) in [5.41, 5.74) is -5.77. The lowest BCUT2D eigenvalue weighted by molar-refractivity contribution is -0.144. The zero-order chi connectivity index (χ0) is 58.1. The Balaban J connectivity index is 0.924. The third kappa shape index (κ3) is 12.9. The first-order chi connectivity index (χ1) is 36.9. The average molecular weight is 1150 g/mol. The number of ether oxygens (including phenoxy) is 2. The second-order valence-corrected chi connectivity index (χ2v) is 21.6. The van der Waals surface area contributed by atoms with Crippen LogP contribution in [0.15, 0.2) is 66.3 Å². The number of nitrogens with zero attached hydrogens (tertiary/aromatic N) is 6. The van der Waals surface area contributed by atoms with Gasteiger partial charge < -0.3 is 40.1 Å². The summed E-state index contributed by atoms with van der Waals surface area (Å²) in [6, 6.07) is 9.71. The van der Waals surface area contributed by atoms with Gasteiger partial charge in [0.15, 0.2) is 34.5 Å². The smallest absolute Gasteiger partial charge is 0.420 e. The number of unbranched alkanes of at least 4 members (excludes halogenated alkanes) is 1. The SMILES string of the molecule is Cc1ncsc1-c1ccc(CNC(=O)[C@@H]2C[C@@H](O)CN2C(=O)[C@@H](NC(=O)COCCCCOc2c(F)cc(-c3ncc(N4C(=S)N(c5ccc(C#N)c(C(F)(F)F)c5F)C(O)C4(C)C)cc3C(F)(F)F)cc2F)C(C)(C)C)cc1. The largest absolute Gasteiger partial charge is 0.488 e. The maximum absolute atomic E-state index is 15.5. The van der Waals surface area contributed by atoms with E-state index >= 15 is 13.2 Å². The molecule has 15 nitrogen and oxygen atoms in total. The van der Waals surface area contributed by atoms with Gasteiger partial charge in [0, 0.05) is 31.7 Å². The quantitative estimate of drug-likeness (QED) is 0.0392. The normalized spacial score (nSPS) is 17.9. The van der Waals surface area contributed by atoms with E-state index in [-0.39, 0.29) is 45.6 Å². The number of aliphatic hydroxyl groups is 2. The van der Waals surface area contributed by atoms with Crippen molar-refractivity contribution in [3.05, 3.63) is 112 Å². The summed E-state index contributed by atoms with van der Waals surface area (Å²) in [5, 5.41) is 35.9. The van der Waals surface area contributed by atoms with E-state index in [1.807, 2.05) is 31.2 Å². The van der Waals surface area contributed by atoms with Crippen LogP contribution in [0.1, 0.15) is 81.8 Å². The van der Waals surface area contributed by atoms with Crippen LogP contribution in [0.25, 0.3) is 21.7 Å². The van der Waals surface area contributed by atoms with Crippen LogP contribution >= 0.6 is 23.6 Å². The van der Waals surface area contributed by atoms with Crippen molar-refractivity contribution in [3.8, 4) is 33.5 Å². The van der Waals surface area contributed by atoms with E-state index in [2.05, 4.69) is 20.6 Å². The van der Waals surface area contributed by atoms with Crippen molar-refractivity contribution < 1.29 is 73.6 Å². The number of likely N-dealkylation sites (tertiary alicyclic amines) is 1. The standard InChI is InChI=1S/C53H53F9N8O7S2/c1-27-44(79-26-66-27)29-11-9-28(10-12-29)22-65-46(73)38-20-33(71)24-68(38)47(74)45(50(2,3)4)67-39(72)25-76-15-7-8-16-77-43-35(54)17-31(18-36(43)55)42-34(52(57,58)59)19-32(23-64-42)70-49(78)69(48(75)51(70,5)6)37-14-13-30(21-63)40(41(37)56)53(60,61)62/h9-14,17-19,23,26,33,38,45,48,71,75H,7-8,15-16,20,22,24-25H2,1-6H3,(H,65,73)(H,67,72)/t33-,38+,45-,48?/m1/s1. The van der Waals surface area contributed by atoms with Crippen molar-refractivity contribution in [3.63, 3.8) is 0 Å². The molecule has 5 aromatic rings. The van der Waals surface area contributed by atoms with Gasteiger partial charge in [-0.1, -0.05) is 45.0 Å². The molecule has 3 amide bonds. The Morgan fingerprint density at radius 2 is 1.59 bits per heavy atom. The third-order valence-corrected chi connectivity index (χ3v) is 14.6. The Morgan fingerprint density at radius 3 is 2.19 bits per heavy atom. The van der Waals surface area contributed by atoms with Crippen molar-refractivity contribution in [2.24, 2.45) is 5.41 Å². The lowest BCUT2D eigenvalue weighted by Gasteiger charge is -2.35. The molecule has 2 aliphatic heterocycles. The molecule has 26 heteroatoms. The topological polar surface area (TPSA) is 193 Å². The minimum atomic E-state index is -5.36. The first kappa shape index (κ1) is 59.7. The summed E-state index contributed by atoms with van der Waals surface area (Å²) in [5.74, 6) is -7.41. The van der Waals surface area contributed by atoms with Crippen LogP contribution in [0.4, 0.5) is 50.9 Å². The molecular formula is C53H53F9N8O7S2. The summed E-state index contributed by atoms with van der Waals surface area (Å²) in [6.45, 7) is 8.74. The Labute approximate surface area is 457 Å². The van der Waals surface area contributed by atoms with Crippen molar-refractivity contribution >= 4 is 57.8 Å². The first-order valence-corrected chi connectivity index (χ1v) is 25.7. The van der Waals surface area contributed by atoms with Crippen LogP contribution in [-0.2, 0) is 38.0 Å². The molecule has 2 fully saturated rings. The molecule has 0 saturated carbocycles. The second-order valence-electron chi connectivity index (χ2n) is 20.4. The zero-order valence-corrected chi connectivity index (χ0v) is 44.8. The molecule has 4 N–H and O–H groups in total. The van der Waals surface area contributed by atoms with Gasteiger partial charge in [-0.3, -0.25) is 24.3 Å². The highest BCUT2D eigenvalue weighted by molar-refractivity contribution is 7.80. The van der Waals surface area contributed by atoms with E-state index in [0.717, 1.165) is 38.9 Å². The number of β-amino-alcohol motifs (C(OH)–C–C–N with tert-alkyl or cyclic N) is 1. The number of pyridine rings is 1. The molecule has 0 aliphatic carbocycles. The van der Waals surface area contributed by atoms with Crippen molar-refractivity contribution in [1.29, 1.82) is 5.26 Å². The van der Waals surface area contributed by atoms with Gasteiger partial charge in [-0.05, 0) is 92.7 Å². The molecule has 0 radical (unpaired) electrons.